The molecule has 0 bridgehead atoms. The van der Waals surface area contributed by atoms with Crippen LogP contribution in [0, 0.1) is 0 Å². The normalized spacial score (nSPS) is 12.5. The van der Waals surface area contributed by atoms with Gasteiger partial charge in [0.2, 0.25) is 0 Å². The molecule has 0 amide bonds. The van der Waals surface area contributed by atoms with Crippen LogP contribution in [0.1, 0.15) is 19.4 Å². The van der Waals surface area contributed by atoms with E-state index in [9.17, 15) is 5.11 Å². The van der Waals surface area contributed by atoms with E-state index >= 15 is 0 Å². The van der Waals surface area contributed by atoms with Crippen LogP contribution >= 0.6 is 0 Å². The van der Waals surface area contributed by atoms with E-state index in [1.54, 1.807) is 6.92 Å². The number of nitrogens with zero attached hydrogens (tertiary/aromatic N) is 3. The lowest BCUT2D eigenvalue weighted by atomic mass is 10.2. The number of anilines is 2. The van der Waals surface area contributed by atoms with Crippen molar-refractivity contribution < 1.29 is 5.11 Å². The number of aliphatic hydroxyl groups is 1. The summed E-state index contributed by atoms with van der Waals surface area (Å²) in [6, 6.07) is 0. The first-order chi connectivity index (χ1) is 7.06. The molecule has 1 unspecified atom stereocenters. The summed E-state index contributed by atoms with van der Waals surface area (Å²) in [4.78, 5) is 10.0. The summed E-state index contributed by atoms with van der Waals surface area (Å²) in [5, 5.41) is 9.30. The molecular weight excluding hydrogens is 192 g/mol. The van der Waals surface area contributed by atoms with Gasteiger partial charge in [0.05, 0.1) is 6.10 Å². The number of nitrogen functional groups attached to an aromatic ring is 1. The van der Waals surface area contributed by atoms with E-state index in [4.69, 9.17) is 5.73 Å². The van der Waals surface area contributed by atoms with Crippen molar-refractivity contribution in [2.45, 2.75) is 26.4 Å². The molecule has 1 aromatic rings. The van der Waals surface area contributed by atoms with Gasteiger partial charge in [-0.2, -0.15) is 0 Å². The number of nitrogens with two attached hydrogens (primary N) is 1. The smallest absolute Gasteiger partial charge is 0.137 e. The quantitative estimate of drug-likeness (QED) is 0.754. The molecule has 0 fully saturated rings. The molecule has 1 atom stereocenters. The molecule has 5 nitrogen and oxygen atoms in total. The first-order valence-electron chi connectivity index (χ1n) is 5.04. The molecule has 0 aromatic carbocycles. The topological polar surface area (TPSA) is 75.3 Å². The lowest BCUT2D eigenvalue weighted by molar-refractivity contribution is 0.201. The monoisotopic (exact) mass is 210 g/mol. The van der Waals surface area contributed by atoms with E-state index in [2.05, 4.69) is 9.97 Å². The molecule has 0 aliphatic heterocycles. The standard InChI is InChI=1S/C10H18N4O/c1-4-8-9(11)12-6-13-10(8)14(3)5-7(2)15/h6-7,15H,4-5H2,1-3H3,(H2,11,12,13). The van der Waals surface area contributed by atoms with Crippen molar-refractivity contribution in [3.63, 3.8) is 0 Å². The molecule has 84 valence electrons. The van der Waals surface area contributed by atoms with Gasteiger partial charge in [-0.15, -0.1) is 0 Å². The van der Waals surface area contributed by atoms with Crippen LogP contribution in [0.3, 0.4) is 0 Å². The molecular formula is C10H18N4O. The average Bonchev–Trinajstić information content (AvgIpc) is 2.16. The Hall–Kier alpha value is -1.36. The molecule has 0 aliphatic rings. The second-order valence-electron chi connectivity index (χ2n) is 3.64. The Bertz CT molecular complexity index is 327. The fourth-order valence-corrected chi connectivity index (χ4v) is 1.57. The Kier molecular flexibility index (Phi) is 3.85. The van der Waals surface area contributed by atoms with E-state index in [0.717, 1.165) is 17.8 Å². The summed E-state index contributed by atoms with van der Waals surface area (Å²) in [6.07, 6.45) is 1.84. The maximum Gasteiger partial charge on any atom is 0.137 e. The van der Waals surface area contributed by atoms with E-state index < -0.39 is 6.10 Å². The van der Waals surface area contributed by atoms with Crippen molar-refractivity contribution in [3.05, 3.63) is 11.9 Å². The Morgan fingerprint density at radius 1 is 1.53 bits per heavy atom. The third-order valence-electron chi connectivity index (χ3n) is 2.21. The fraction of sp³-hybridized carbons (Fsp3) is 0.600. The molecule has 0 saturated heterocycles. The predicted molar refractivity (Wildman–Crippen MR) is 60.8 cm³/mol. The minimum atomic E-state index is -0.393. The van der Waals surface area contributed by atoms with Crippen LogP contribution in [0.4, 0.5) is 11.6 Å². The highest BCUT2D eigenvalue weighted by Gasteiger charge is 2.12. The van der Waals surface area contributed by atoms with Gasteiger partial charge in [-0.05, 0) is 13.3 Å². The fourth-order valence-electron chi connectivity index (χ4n) is 1.57. The first-order valence-corrected chi connectivity index (χ1v) is 5.04. The molecule has 1 aromatic heterocycles. The Labute approximate surface area is 90.0 Å². The molecule has 0 saturated carbocycles. The minimum absolute atomic E-state index is 0.393. The predicted octanol–water partition coefficient (Wildman–Crippen LogP) is 0.438. The van der Waals surface area contributed by atoms with E-state index in [1.165, 1.54) is 6.33 Å². The zero-order valence-corrected chi connectivity index (χ0v) is 9.44. The van der Waals surface area contributed by atoms with Crippen LogP contribution in [0.5, 0.6) is 0 Å². The van der Waals surface area contributed by atoms with Gasteiger partial charge in [0, 0.05) is 19.2 Å². The zero-order valence-electron chi connectivity index (χ0n) is 9.44. The summed E-state index contributed by atoms with van der Waals surface area (Å²) >= 11 is 0. The van der Waals surface area contributed by atoms with Crippen molar-refractivity contribution in [2.24, 2.45) is 0 Å². The summed E-state index contributed by atoms with van der Waals surface area (Å²) in [7, 11) is 1.88. The Morgan fingerprint density at radius 2 is 2.20 bits per heavy atom. The number of hydrogen-bond acceptors (Lipinski definition) is 5. The lowest BCUT2D eigenvalue weighted by Gasteiger charge is -2.22. The third-order valence-corrected chi connectivity index (χ3v) is 2.21. The van der Waals surface area contributed by atoms with Crippen LogP contribution in [-0.4, -0.2) is 34.8 Å². The highest BCUT2D eigenvalue weighted by molar-refractivity contribution is 5.56. The van der Waals surface area contributed by atoms with Crippen molar-refractivity contribution >= 4 is 11.6 Å². The molecule has 1 heterocycles. The molecule has 15 heavy (non-hydrogen) atoms. The van der Waals surface area contributed by atoms with Crippen molar-refractivity contribution in [2.75, 3.05) is 24.2 Å². The lowest BCUT2D eigenvalue weighted by Crippen LogP contribution is -2.28. The van der Waals surface area contributed by atoms with Gasteiger partial charge < -0.3 is 15.7 Å². The molecule has 5 heteroatoms. The largest absolute Gasteiger partial charge is 0.392 e. The third kappa shape index (κ3) is 2.79. The van der Waals surface area contributed by atoms with Crippen LogP contribution in [0.2, 0.25) is 0 Å². The highest BCUT2D eigenvalue weighted by Crippen LogP contribution is 2.20. The summed E-state index contributed by atoms with van der Waals surface area (Å²) in [5.74, 6) is 1.31. The van der Waals surface area contributed by atoms with Gasteiger partial charge in [0.25, 0.3) is 0 Å². The minimum Gasteiger partial charge on any atom is -0.392 e. The van der Waals surface area contributed by atoms with Crippen molar-refractivity contribution in [1.82, 2.24) is 9.97 Å². The van der Waals surface area contributed by atoms with E-state index in [1.807, 2.05) is 18.9 Å². The van der Waals surface area contributed by atoms with Gasteiger partial charge in [0.1, 0.15) is 18.0 Å². The molecule has 0 radical (unpaired) electrons. The van der Waals surface area contributed by atoms with Crippen molar-refractivity contribution in [1.29, 1.82) is 0 Å². The summed E-state index contributed by atoms with van der Waals surface area (Å²) in [5.41, 5.74) is 6.69. The molecule has 0 spiro atoms. The Morgan fingerprint density at radius 3 is 2.73 bits per heavy atom. The van der Waals surface area contributed by atoms with Gasteiger partial charge in [0.15, 0.2) is 0 Å². The average molecular weight is 210 g/mol. The van der Waals surface area contributed by atoms with E-state index in [0.29, 0.717) is 12.4 Å². The van der Waals surface area contributed by atoms with Gasteiger partial charge in [-0.1, -0.05) is 6.92 Å². The van der Waals surface area contributed by atoms with Crippen LogP contribution < -0.4 is 10.6 Å². The Balaban J connectivity index is 2.97. The number of rotatable bonds is 4. The number of aliphatic hydroxyl groups excluding tert-OH is 1. The maximum atomic E-state index is 9.30. The molecule has 1 rings (SSSR count). The highest BCUT2D eigenvalue weighted by atomic mass is 16.3. The van der Waals surface area contributed by atoms with Gasteiger partial charge in [-0.3, -0.25) is 0 Å². The molecule has 0 aliphatic carbocycles. The second kappa shape index (κ2) is 4.93. The first kappa shape index (κ1) is 11.7. The SMILES string of the molecule is CCc1c(N)ncnc1N(C)CC(C)O. The van der Waals surface area contributed by atoms with Gasteiger partial charge in [-0.25, -0.2) is 9.97 Å². The summed E-state index contributed by atoms with van der Waals surface area (Å²) in [6.45, 7) is 4.28. The van der Waals surface area contributed by atoms with Crippen LogP contribution in [0.25, 0.3) is 0 Å². The van der Waals surface area contributed by atoms with Crippen molar-refractivity contribution in [3.8, 4) is 0 Å². The number of hydrogen-bond donors (Lipinski definition) is 2. The van der Waals surface area contributed by atoms with Crippen LogP contribution in [-0.2, 0) is 6.42 Å². The van der Waals surface area contributed by atoms with E-state index in [-0.39, 0.29) is 0 Å². The molecule has 3 N–H and O–H groups in total. The second-order valence-corrected chi connectivity index (χ2v) is 3.64. The van der Waals surface area contributed by atoms with Gasteiger partial charge >= 0.3 is 0 Å². The number of likely N-dealkylation sites (N-methyl/N-ethyl adjacent to an activating group) is 1. The number of aromatic nitrogens is 2. The maximum absolute atomic E-state index is 9.30. The van der Waals surface area contributed by atoms with Crippen LogP contribution in [0.15, 0.2) is 6.33 Å². The zero-order chi connectivity index (χ0) is 11.4. The summed E-state index contributed by atoms with van der Waals surface area (Å²) < 4.78 is 0.